The van der Waals surface area contributed by atoms with Crippen LogP contribution in [0.4, 0.5) is 5.69 Å². The number of pyridine rings is 1. The lowest BCUT2D eigenvalue weighted by Gasteiger charge is -2.02. The first-order valence-electron chi connectivity index (χ1n) is 4.82. The number of hydrogen-bond acceptors (Lipinski definition) is 5. The Balaban J connectivity index is 2.35. The van der Waals surface area contributed by atoms with Crippen molar-refractivity contribution in [3.63, 3.8) is 0 Å². The number of thiazole rings is 1. The zero-order chi connectivity index (χ0) is 12.4. The number of nitro groups is 1. The first-order chi connectivity index (χ1) is 8.06. The maximum atomic E-state index is 11.5. The molecule has 0 atom stereocenters. The lowest BCUT2D eigenvalue weighted by Crippen LogP contribution is -2.19. The normalized spacial score (nSPS) is 10.4. The molecular weight excluding hydrogens is 242 g/mol. The van der Waals surface area contributed by atoms with Gasteiger partial charge in [0.1, 0.15) is 0 Å². The van der Waals surface area contributed by atoms with Gasteiger partial charge in [0.15, 0.2) is 0 Å². The second-order valence-electron chi connectivity index (χ2n) is 3.47. The van der Waals surface area contributed by atoms with Gasteiger partial charge in [0, 0.05) is 17.5 Å². The van der Waals surface area contributed by atoms with E-state index in [4.69, 9.17) is 0 Å². The van der Waals surface area contributed by atoms with Gasteiger partial charge in [0.05, 0.1) is 28.4 Å². The summed E-state index contributed by atoms with van der Waals surface area (Å²) in [6.45, 7) is 2.12. The van der Waals surface area contributed by atoms with Crippen molar-refractivity contribution in [1.29, 1.82) is 0 Å². The summed E-state index contributed by atoms with van der Waals surface area (Å²) >= 11 is 1.48. The molecule has 7 heteroatoms. The van der Waals surface area contributed by atoms with Crippen LogP contribution in [0.5, 0.6) is 0 Å². The highest BCUT2D eigenvalue weighted by atomic mass is 32.1. The molecular formula is C10H9N3O3S. The van der Waals surface area contributed by atoms with Crippen molar-refractivity contribution in [2.45, 2.75) is 13.5 Å². The largest absolute Gasteiger partial charge is 0.303 e. The van der Waals surface area contributed by atoms with E-state index in [1.165, 1.54) is 34.2 Å². The molecule has 0 aliphatic heterocycles. The van der Waals surface area contributed by atoms with E-state index < -0.39 is 4.92 Å². The Bertz CT molecular complexity index is 617. The van der Waals surface area contributed by atoms with Gasteiger partial charge in [0.2, 0.25) is 0 Å². The molecule has 0 radical (unpaired) electrons. The van der Waals surface area contributed by atoms with Crippen LogP contribution in [0.1, 0.15) is 10.7 Å². The van der Waals surface area contributed by atoms with Crippen molar-refractivity contribution < 1.29 is 4.92 Å². The molecule has 2 heterocycles. The Morgan fingerprint density at radius 1 is 1.53 bits per heavy atom. The highest BCUT2D eigenvalue weighted by Crippen LogP contribution is 2.11. The Morgan fingerprint density at radius 3 is 2.88 bits per heavy atom. The molecule has 2 rings (SSSR count). The lowest BCUT2D eigenvalue weighted by molar-refractivity contribution is -0.385. The zero-order valence-corrected chi connectivity index (χ0v) is 9.81. The molecule has 17 heavy (non-hydrogen) atoms. The molecule has 0 fully saturated rings. The summed E-state index contributed by atoms with van der Waals surface area (Å²) in [7, 11) is 0. The van der Waals surface area contributed by atoms with E-state index in [1.54, 1.807) is 0 Å². The smallest absolute Gasteiger partial charge is 0.285 e. The van der Waals surface area contributed by atoms with Gasteiger partial charge in [-0.2, -0.15) is 0 Å². The van der Waals surface area contributed by atoms with E-state index >= 15 is 0 Å². The van der Waals surface area contributed by atoms with Gasteiger partial charge >= 0.3 is 0 Å². The van der Waals surface area contributed by atoms with Crippen LogP contribution in [0.3, 0.4) is 0 Å². The fourth-order valence-corrected chi connectivity index (χ4v) is 2.01. The average Bonchev–Trinajstić information content (AvgIpc) is 2.67. The van der Waals surface area contributed by atoms with Crippen molar-refractivity contribution in [2.24, 2.45) is 0 Å². The van der Waals surface area contributed by atoms with E-state index in [9.17, 15) is 14.9 Å². The third kappa shape index (κ3) is 2.56. The van der Waals surface area contributed by atoms with Crippen LogP contribution in [-0.4, -0.2) is 14.5 Å². The van der Waals surface area contributed by atoms with Gasteiger partial charge in [-0.15, -0.1) is 11.3 Å². The predicted molar refractivity (Wildman–Crippen MR) is 63.3 cm³/mol. The molecule has 2 aromatic rings. The predicted octanol–water partition coefficient (Wildman–Crippen LogP) is 1.57. The third-order valence-corrected chi connectivity index (χ3v) is 3.00. The van der Waals surface area contributed by atoms with Crippen LogP contribution in [0.15, 0.2) is 28.5 Å². The van der Waals surface area contributed by atoms with Gasteiger partial charge in [-0.1, -0.05) is 0 Å². The summed E-state index contributed by atoms with van der Waals surface area (Å²) in [4.78, 5) is 25.8. The minimum absolute atomic E-state index is 0.100. The van der Waals surface area contributed by atoms with Gasteiger partial charge in [-0.25, -0.2) is 4.98 Å². The summed E-state index contributed by atoms with van der Waals surface area (Å²) in [5, 5.41) is 13.3. The molecule has 0 saturated carbocycles. The fraction of sp³-hybridized carbons (Fsp3) is 0.200. The number of rotatable bonds is 3. The molecule has 0 spiro atoms. The quantitative estimate of drug-likeness (QED) is 0.612. The van der Waals surface area contributed by atoms with Crippen LogP contribution in [-0.2, 0) is 6.54 Å². The maximum Gasteiger partial charge on any atom is 0.285 e. The Kier molecular flexibility index (Phi) is 3.01. The standard InChI is InChI=1S/C10H9N3O3S/c1-7-11-8(6-17-7)4-12-5-9(13(15)16)2-3-10(12)14/h2-3,5-6H,4H2,1H3. The first kappa shape index (κ1) is 11.5. The minimum Gasteiger partial charge on any atom is -0.303 e. The lowest BCUT2D eigenvalue weighted by atomic mass is 10.4. The van der Waals surface area contributed by atoms with Crippen LogP contribution in [0, 0.1) is 17.0 Å². The Hall–Kier alpha value is -2.02. The highest BCUT2D eigenvalue weighted by molar-refractivity contribution is 7.09. The summed E-state index contributed by atoms with van der Waals surface area (Å²) in [5.41, 5.74) is 0.355. The number of hydrogen-bond donors (Lipinski definition) is 0. The van der Waals surface area contributed by atoms with Crippen LogP contribution in [0.25, 0.3) is 0 Å². The van der Waals surface area contributed by atoms with E-state index in [-0.39, 0.29) is 17.8 Å². The van der Waals surface area contributed by atoms with Crippen LogP contribution in [0.2, 0.25) is 0 Å². The molecule has 0 aromatic carbocycles. The van der Waals surface area contributed by atoms with Crippen molar-refractivity contribution in [2.75, 3.05) is 0 Å². The van der Waals surface area contributed by atoms with Crippen molar-refractivity contribution in [3.05, 3.63) is 54.9 Å². The summed E-state index contributed by atoms with van der Waals surface area (Å²) in [5.74, 6) is 0. The molecule has 6 nitrogen and oxygen atoms in total. The Morgan fingerprint density at radius 2 is 2.29 bits per heavy atom. The number of aromatic nitrogens is 2. The zero-order valence-electron chi connectivity index (χ0n) is 8.99. The second-order valence-corrected chi connectivity index (χ2v) is 4.53. The molecule has 0 unspecified atom stereocenters. The monoisotopic (exact) mass is 251 g/mol. The van der Waals surface area contributed by atoms with Crippen LogP contribution >= 0.6 is 11.3 Å². The highest BCUT2D eigenvalue weighted by Gasteiger charge is 2.08. The van der Waals surface area contributed by atoms with Gasteiger partial charge in [-0.05, 0) is 6.92 Å². The van der Waals surface area contributed by atoms with Crippen LogP contribution < -0.4 is 5.56 Å². The van der Waals surface area contributed by atoms with Crippen molar-refractivity contribution >= 4 is 17.0 Å². The van der Waals surface area contributed by atoms with Gasteiger partial charge in [-0.3, -0.25) is 14.9 Å². The topological polar surface area (TPSA) is 78.0 Å². The number of nitrogens with zero attached hydrogens (tertiary/aromatic N) is 3. The van der Waals surface area contributed by atoms with E-state index in [0.717, 1.165) is 10.7 Å². The van der Waals surface area contributed by atoms with Crippen molar-refractivity contribution in [3.8, 4) is 0 Å². The third-order valence-electron chi connectivity index (χ3n) is 2.18. The van der Waals surface area contributed by atoms with Gasteiger partial charge < -0.3 is 4.57 Å². The van der Waals surface area contributed by atoms with E-state index in [0.29, 0.717) is 0 Å². The van der Waals surface area contributed by atoms with E-state index in [1.807, 2.05) is 12.3 Å². The summed E-state index contributed by atoms with van der Waals surface area (Å²) < 4.78 is 1.28. The van der Waals surface area contributed by atoms with Crippen molar-refractivity contribution in [1.82, 2.24) is 9.55 Å². The maximum absolute atomic E-state index is 11.5. The average molecular weight is 251 g/mol. The summed E-state index contributed by atoms with van der Waals surface area (Å²) in [6.07, 6.45) is 1.23. The molecule has 88 valence electrons. The molecule has 0 aliphatic carbocycles. The Labute approximate surface area is 100 Å². The fourth-order valence-electron chi connectivity index (χ4n) is 1.41. The summed E-state index contributed by atoms with van der Waals surface area (Å²) in [6, 6.07) is 2.39. The van der Waals surface area contributed by atoms with Gasteiger partial charge in [0.25, 0.3) is 11.2 Å². The minimum atomic E-state index is -0.526. The second kappa shape index (κ2) is 4.46. The molecule has 0 saturated heterocycles. The molecule has 0 N–H and O–H groups in total. The molecule has 0 bridgehead atoms. The SMILES string of the molecule is Cc1nc(Cn2cc([N+](=O)[O-])ccc2=O)cs1. The molecule has 2 aromatic heterocycles. The van der Waals surface area contributed by atoms with E-state index in [2.05, 4.69) is 4.98 Å². The molecule has 0 amide bonds. The first-order valence-corrected chi connectivity index (χ1v) is 5.70. The molecule has 0 aliphatic rings. The number of aryl methyl sites for hydroxylation is 1.